The molecule has 1 saturated heterocycles. The van der Waals surface area contributed by atoms with Crippen LogP contribution in [-0.2, 0) is 6.54 Å². The number of aromatic nitrogens is 2. The van der Waals surface area contributed by atoms with Crippen molar-refractivity contribution in [3.8, 4) is 0 Å². The summed E-state index contributed by atoms with van der Waals surface area (Å²) >= 11 is 0. The van der Waals surface area contributed by atoms with Gasteiger partial charge in [0.2, 0.25) is 0 Å². The first-order valence-electron chi connectivity index (χ1n) is 8.81. The van der Waals surface area contributed by atoms with Gasteiger partial charge in [-0.05, 0) is 29.8 Å². The SMILES string of the molecule is O=C(NCc1ccncc1)N1CCN(c2cccc3cccnc23)CC1. The van der Waals surface area contributed by atoms with Crippen LogP contribution in [0.15, 0.2) is 61.1 Å². The number of para-hydroxylation sites is 1. The Morgan fingerprint density at radius 2 is 1.73 bits per heavy atom. The van der Waals surface area contributed by atoms with Gasteiger partial charge in [0, 0.05) is 56.7 Å². The van der Waals surface area contributed by atoms with Gasteiger partial charge in [0.1, 0.15) is 0 Å². The fourth-order valence-electron chi connectivity index (χ4n) is 3.28. The van der Waals surface area contributed by atoms with Gasteiger partial charge in [-0.15, -0.1) is 0 Å². The summed E-state index contributed by atoms with van der Waals surface area (Å²) in [6.45, 7) is 3.53. The van der Waals surface area contributed by atoms with Crippen LogP contribution in [0.1, 0.15) is 5.56 Å². The first kappa shape index (κ1) is 16.3. The molecule has 0 spiro atoms. The second-order valence-electron chi connectivity index (χ2n) is 6.34. The zero-order valence-electron chi connectivity index (χ0n) is 14.5. The van der Waals surface area contributed by atoms with E-state index in [0.717, 1.165) is 35.2 Å². The molecule has 0 unspecified atom stereocenters. The second-order valence-corrected chi connectivity index (χ2v) is 6.34. The molecule has 3 aromatic rings. The van der Waals surface area contributed by atoms with Crippen molar-refractivity contribution in [3.63, 3.8) is 0 Å². The molecule has 0 aliphatic carbocycles. The monoisotopic (exact) mass is 347 g/mol. The van der Waals surface area contributed by atoms with Gasteiger partial charge in [-0.25, -0.2) is 4.79 Å². The summed E-state index contributed by atoms with van der Waals surface area (Å²) < 4.78 is 0. The molecule has 3 heterocycles. The number of anilines is 1. The van der Waals surface area contributed by atoms with Crippen LogP contribution < -0.4 is 10.2 Å². The fourth-order valence-corrected chi connectivity index (χ4v) is 3.28. The number of urea groups is 1. The van der Waals surface area contributed by atoms with E-state index >= 15 is 0 Å². The highest BCUT2D eigenvalue weighted by molar-refractivity contribution is 5.90. The van der Waals surface area contributed by atoms with Gasteiger partial charge in [-0.2, -0.15) is 0 Å². The van der Waals surface area contributed by atoms with Gasteiger partial charge in [-0.3, -0.25) is 9.97 Å². The Hall–Kier alpha value is -3.15. The Labute approximate surface area is 152 Å². The van der Waals surface area contributed by atoms with Crippen LogP contribution in [0.4, 0.5) is 10.5 Å². The number of hydrogen-bond acceptors (Lipinski definition) is 4. The zero-order chi connectivity index (χ0) is 17.8. The van der Waals surface area contributed by atoms with Crippen molar-refractivity contribution in [2.45, 2.75) is 6.54 Å². The fraction of sp³-hybridized carbons (Fsp3) is 0.250. The number of fused-ring (bicyclic) bond motifs is 1. The minimum absolute atomic E-state index is 0.0162. The molecule has 1 N–H and O–H groups in total. The Morgan fingerprint density at radius 1 is 0.962 bits per heavy atom. The number of nitrogens with one attached hydrogen (secondary N) is 1. The Bertz CT molecular complexity index is 886. The van der Waals surface area contributed by atoms with E-state index in [2.05, 4.69) is 44.5 Å². The number of carbonyl (C=O) groups excluding carboxylic acids is 1. The van der Waals surface area contributed by atoms with Crippen molar-refractivity contribution in [1.29, 1.82) is 0 Å². The molecule has 6 heteroatoms. The molecule has 132 valence electrons. The van der Waals surface area contributed by atoms with Crippen LogP contribution in [0.2, 0.25) is 0 Å². The number of carbonyl (C=O) groups is 1. The number of benzene rings is 1. The van der Waals surface area contributed by atoms with Crippen molar-refractivity contribution in [1.82, 2.24) is 20.2 Å². The van der Waals surface area contributed by atoms with Gasteiger partial charge in [-0.1, -0.05) is 18.2 Å². The lowest BCUT2D eigenvalue weighted by molar-refractivity contribution is 0.194. The molecule has 6 nitrogen and oxygen atoms in total. The molecule has 1 aliphatic rings. The van der Waals surface area contributed by atoms with Gasteiger partial charge < -0.3 is 15.1 Å². The molecular weight excluding hydrogens is 326 g/mol. The standard InChI is InChI=1S/C20H21N5O/c26-20(23-15-16-6-9-21-10-7-16)25-13-11-24(12-14-25)18-5-1-3-17-4-2-8-22-19(17)18/h1-10H,11-15H2,(H,23,26). The van der Waals surface area contributed by atoms with Crippen LogP contribution in [0.3, 0.4) is 0 Å². The molecule has 1 aliphatic heterocycles. The van der Waals surface area contributed by atoms with Gasteiger partial charge in [0.25, 0.3) is 0 Å². The van der Waals surface area contributed by atoms with E-state index in [1.165, 1.54) is 0 Å². The summed E-state index contributed by atoms with van der Waals surface area (Å²) in [5.74, 6) is 0. The molecule has 0 radical (unpaired) electrons. The molecule has 1 aromatic carbocycles. The first-order chi connectivity index (χ1) is 12.8. The maximum absolute atomic E-state index is 12.4. The Morgan fingerprint density at radius 3 is 2.54 bits per heavy atom. The van der Waals surface area contributed by atoms with E-state index in [0.29, 0.717) is 19.6 Å². The van der Waals surface area contributed by atoms with Crippen molar-refractivity contribution in [2.75, 3.05) is 31.1 Å². The van der Waals surface area contributed by atoms with Crippen molar-refractivity contribution >= 4 is 22.6 Å². The molecule has 0 bridgehead atoms. The third-order valence-corrected chi connectivity index (χ3v) is 4.71. The third-order valence-electron chi connectivity index (χ3n) is 4.71. The van der Waals surface area contributed by atoms with Crippen LogP contribution in [-0.4, -0.2) is 47.1 Å². The number of nitrogens with zero attached hydrogens (tertiary/aromatic N) is 4. The van der Waals surface area contributed by atoms with Crippen LogP contribution in [0.5, 0.6) is 0 Å². The molecule has 2 aromatic heterocycles. The predicted octanol–water partition coefficient (Wildman–Crippen LogP) is 2.66. The summed E-state index contributed by atoms with van der Waals surface area (Å²) in [6.07, 6.45) is 5.30. The number of hydrogen-bond donors (Lipinski definition) is 1. The smallest absolute Gasteiger partial charge is 0.317 e. The minimum Gasteiger partial charge on any atom is -0.366 e. The summed E-state index contributed by atoms with van der Waals surface area (Å²) in [4.78, 5) is 25.1. The number of rotatable bonds is 3. The van der Waals surface area contributed by atoms with Crippen LogP contribution in [0, 0.1) is 0 Å². The van der Waals surface area contributed by atoms with Crippen LogP contribution >= 0.6 is 0 Å². The lowest BCUT2D eigenvalue weighted by Crippen LogP contribution is -2.51. The van der Waals surface area contributed by atoms with Gasteiger partial charge in [0.05, 0.1) is 11.2 Å². The van der Waals surface area contributed by atoms with E-state index < -0.39 is 0 Å². The summed E-state index contributed by atoms with van der Waals surface area (Å²) in [7, 11) is 0. The quantitative estimate of drug-likeness (QED) is 0.791. The highest BCUT2D eigenvalue weighted by atomic mass is 16.2. The summed E-state index contributed by atoms with van der Waals surface area (Å²) in [5, 5.41) is 4.12. The average molecular weight is 347 g/mol. The normalized spacial score (nSPS) is 14.5. The molecular formula is C20H21N5O. The summed E-state index contributed by atoms with van der Waals surface area (Å²) in [5.41, 5.74) is 3.21. The number of amides is 2. The minimum atomic E-state index is -0.0162. The van der Waals surface area contributed by atoms with E-state index in [-0.39, 0.29) is 6.03 Å². The topological polar surface area (TPSA) is 61.4 Å². The van der Waals surface area contributed by atoms with Crippen molar-refractivity contribution < 1.29 is 4.79 Å². The highest BCUT2D eigenvalue weighted by Gasteiger charge is 2.22. The van der Waals surface area contributed by atoms with Crippen LogP contribution in [0.25, 0.3) is 10.9 Å². The number of piperazine rings is 1. The Balaban J connectivity index is 1.37. The van der Waals surface area contributed by atoms with Gasteiger partial charge >= 0.3 is 6.03 Å². The van der Waals surface area contributed by atoms with E-state index in [1.54, 1.807) is 12.4 Å². The van der Waals surface area contributed by atoms with E-state index in [9.17, 15) is 4.79 Å². The lowest BCUT2D eigenvalue weighted by atomic mass is 10.1. The molecule has 0 saturated carbocycles. The largest absolute Gasteiger partial charge is 0.366 e. The first-order valence-corrected chi connectivity index (χ1v) is 8.81. The molecule has 0 atom stereocenters. The van der Waals surface area contributed by atoms with Gasteiger partial charge in [0.15, 0.2) is 0 Å². The molecule has 1 fully saturated rings. The molecule has 4 rings (SSSR count). The van der Waals surface area contributed by atoms with Crippen molar-refractivity contribution in [3.05, 3.63) is 66.6 Å². The predicted molar refractivity (Wildman–Crippen MR) is 102 cm³/mol. The van der Waals surface area contributed by atoms with Crippen molar-refractivity contribution in [2.24, 2.45) is 0 Å². The van der Waals surface area contributed by atoms with E-state index in [1.807, 2.05) is 29.3 Å². The average Bonchev–Trinajstić information content (AvgIpc) is 2.72. The number of pyridine rings is 2. The molecule has 2 amide bonds. The maximum Gasteiger partial charge on any atom is 0.317 e. The Kier molecular flexibility index (Phi) is 4.64. The highest BCUT2D eigenvalue weighted by Crippen LogP contribution is 2.25. The van der Waals surface area contributed by atoms with E-state index in [4.69, 9.17) is 0 Å². The third kappa shape index (κ3) is 3.44. The molecule has 26 heavy (non-hydrogen) atoms. The lowest BCUT2D eigenvalue weighted by Gasteiger charge is -2.36. The second kappa shape index (κ2) is 7.39. The zero-order valence-corrected chi connectivity index (χ0v) is 14.5. The maximum atomic E-state index is 12.4. The summed E-state index contributed by atoms with van der Waals surface area (Å²) in [6, 6.07) is 14.1.